The Kier molecular flexibility index (Phi) is 4.67. The molecule has 1 rings (SSSR count). The average molecular weight is 196 g/mol. The zero-order chi connectivity index (χ0) is 10.4. The fraction of sp³-hybridized carbons (Fsp3) is 0.846. The summed E-state index contributed by atoms with van der Waals surface area (Å²) in [6.45, 7) is 4.19. The lowest BCUT2D eigenvalue weighted by Crippen LogP contribution is -2.27. The highest BCUT2D eigenvalue weighted by Crippen LogP contribution is 2.30. The van der Waals surface area contributed by atoms with Gasteiger partial charge in [0.05, 0.1) is 5.60 Å². The highest BCUT2D eigenvalue weighted by molar-refractivity contribution is 5.16. The van der Waals surface area contributed by atoms with Crippen LogP contribution in [0, 0.1) is 0 Å². The number of hydrogen-bond acceptors (Lipinski definition) is 1. The lowest BCUT2D eigenvalue weighted by molar-refractivity contribution is 0.0805. The maximum atomic E-state index is 10.3. The molecule has 0 amide bonds. The van der Waals surface area contributed by atoms with Crippen molar-refractivity contribution in [1.29, 1.82) is 0 Å². The highest BCUT2D eigenvalue weighted by atomic mass is 16.3. The van der Waals surface area contributed by atoms with Crippen molar-refractivity contribution in [3.63, 3.8) is 0 Å². The lowest BCUT2D eigenvalue weighted by Gasteiger charge is -2.29. The summed E-state index contributed by atoms with van der Waals surface area (Å²) in [5, 5.41) is 10.3. The van der Waals surface area contributed by atoms with Crippen LogP contribution in [0.1, 0.15) is 65.2 Å². The monoisotopic (exact) mass is 196 g/mol. The van der Waals surface area contributed by atoms with E-state index in [9.17, 15) is 5.11 Å². The zero-order valence-electron chi connectivity index (χ0n) is 9.68. The molecule has 0 aromatic carbocycles. The molecule has 0 aromatic rings. The Hall–Kier alpha value is -0.300. The first-order chi connectivity index (χ1) is 6.67. The van der Waals surface area contributed by atoms with Crippen LogP contribution in [0.5, 0.6) is 0 Å². The summed E-state index contributed by atoms with van der Waals surface area (Å²) in [4.78, 5) is 0. The minimum absolute atomic E-state index is 0.518. The van der Waals surface area contributed by atoms with E-state index in [4.69, 9.17) is 0 Å². The first-order valence-corrected chi connectivity index (χ1v) is 6.08. The number of aliphatic hydroxyl groups is 1. The molecule has 0 spiro atoms. The molecule has 14 heavy (non-hydrogen) atoms. The quantitative estimate of drug-likeness (QED) is 0.523. The Balaban J connectivity index is 2.41. The minimum atomic E-state index is -0.518. The van der Waals surface area contributed by atoms with Crippen LogP contribution in [0.15, 0.2) is 11.6 Å². The van der Waals surface area contributed by atoms with Gasteiger partial charge in [-0.25, -0.2) is 0 Å². The predicted octanol–water partition coefficient (Wildman–Crippen LogP) is 3.82. The van der Waals surface area contributed by atoms with E-state index in [2.05, 4.69) is 13.0 Å². The van der Waals surface area contributed by atoms with Crippen LogP contribution in [-0.4, -0.2) is 10.7 Å². The molecule has 0 aromatic heterocycles. The average Bonchev–Trinajstić information content (AvgIpc) is 2.19. The Morgan fingerprint density at radius 2 is 2.14 bits per heavy atom. The Morgan fingerprint density at radius 1 is 1.36 bits per heavy atom. The van der Waals surface area contributed by atoms with E-state index in [1.165, 1.54) is 37.7 Å². The summed E-state index contributed by atoms with van der Waals surface area (Å²) < 4.78 is 0. The highest BCUT2D eigenvalue weighted by Gasteiger charge is 2.25. The predicted molar refractivity (Wildman–Crippen MR) is 61.3 cm³/mol. The van der Waals surface area contributed by atoms with E-state index >= 15 is 0 Å². The zero-order valence-corrected chi connectivity index (χ0v) is 9.68. The van der Waals surface area contributed by atoms with Gasteiger partial charge in [-0.05, 0) is 44.6 Å². The van der Waals surface area contributed by atoms with E-state index in [0.29, 0.717) is 0 Å². The lowest BCUT2D eigenvalue weighted by atomic mass is 9.83. The second kappa shape index (κ2) is 5.55. The number of rotatable bonds is 5. The third kappa shape index (κ3) is 3.45. The molecule has 1 atom stereocenters. The smallest absolute Gasteiger partial charge is 0.0828 e. The molecule has 82 valence electrons. The van der Waals surface area contributed by atoms with Crippen molar-refractivity contribution in [3.05, 3.63) is 11.6 Å². The molecule has 1 aliphatic rings. The van der Waals surface area contributed by atoms with Gasteiger partial charge in [-0.2, -0.15) is 0 Å². The number of hydrogen-bond donors (Lipinski definition) is 1. The van der Waals surface area contributed by atoms with Crippen LogP contribution in [0.3, 0.4) is 0 Å². The molecule has 0 fully saturated rings. The third-order valence-corrected chi connectivity index (χ3v) is 3.25. The van der Waals surface area contributed by atoms with Gasteiger partial charge in [0, 0.05) is 0 Å². The van der Waals surface area contributed by atoms with Gasteiger partial charge in [-0.1, -0.05) is 32.3 Å². The summed E-state index contributed by atoms with van der Waals surface area (Å²) >= 11 is 0. The van der Waals surface area contributed by atoms with Crippen LogP contribution in [-0.2, 0) is 0 Å². The number of unbranched alkanes of at least 4 members (excludes halogenated alkanes) is 2. The minimum Gasteiger partial charge on any atom is -0.386 e. The molecule has 1 heteroatoms. The van der Waals surface area contributed by atoms with Crippen molar-refractivity contribution in [1.82, 2.24) is 0 Å². The van der Waals surface area contributed by atoms with Crippen LogP contribution < -0.4 is 0 Å². The summed E-state index contributed by atoms with van der Waals surface area (Å²) in [7, 11) is 0. The van der Waals surface area contributed by atoms with Crippen molar-refractivity contribution in [2.75, 3.05) is 0 Å². The van der Waals surface area contributed by atoms with Crippen molar-refractivity contribution < 1.29 is 5.11 Å². The van der Waals surface area contributed by atoms with E-state index < -0.39 is 5.60 Å². The molecule has 0 radical (unpaired) electrons. The Morgan fingerprint density at radius 3 is 2.71 bits per heavy atom. The molecule has 0 heterocycles. The molecular weight excluding hydrogens is 172 g/mol. The first kappa shape index (κ1) is 11.8. The van der Waals surface area contributed by atoms with Gasteiger partial charge >= 0.3 is 0 Å². The van der Waals surface area contributed by atoms with Gasteiger partial charge in [0.15, 0.2) is 0 Å². The normalized spacial score (nSPS) is 21.5. The van der Waals surface area contributed by atoms with Crippen molar-refractivity contribution in [2.45, 2.75) is 70.8 Å². The fourth-order valence-corrected chi connectivity index (χ4v) is 2.21. The molecule has 0 aliphatic heterocycles. The van der Waals surface area contributed by atoms with E-state index in [1.807, 2.05) is 6.92 Å². The van der Waals surface area contributed by atoms with Crippen molar-refractivity contribution in [3.8, 4) is 0 Å². The number of allylic oxidation sites excluding steroid dienone is 1. The van der Waals surface area contributed by atoms with Crippen molar-refractivity contribution in [2.24, 2.45) is 0 Å². The second-order valence-corrected chi connectivity index (χ2v) is 4.71. The topological polar surface area (TPSA) is 20.2 Å². The molecular formula is C13H24O. The summed E-state index contributed by atoms with van der Waals surface area (Å²) in [6, 6.07) is 0. The summed E-state index contributed by atoms with van der Waals surface area (Å²) in [5.74, 6) is 0. The Bertz CT molecular complexity index is 191. The van der Waals surface area contributed by atoms with Crippen molar-refractivity contribution >= 4 is 0 Å². The molecule has 1 unspecified atom stereocenters. The van der Waals surface area contributed by atoms with E-state index in [1.54, 1.807) is 0 Å². The SMILES string of the molecule is CCCCCC(C)(O)C1=CCCCC1. The Labute approximate surface area is 88.2 Å². The van der Waals surface area contributed by atoms with Gasteiger partial charge in [-0.3, -0.25) is 0 Å². The fourth-order valence-electron chi connectivity index (χ4n) is 2.21. The molecule has 0 saturated heterocycles. The van der Waals surface area contributed by atoms with Gasteiger partial charge in [0.2, 0.25) is 0 Å². The summed E-state index contributed by atoms with van der Waals surface area (Å²) in [5.41, 5.74) is 0.773. The third-order valence-electron chi connectivity index (χ3n) is 3.25. The first-order valence-electron chi connectivity index (χ1n) is 6.08. The van der Waals surface area contributed by atoms with Gasteiger partial charge in [-0.15, -0.1) is 0 Å². The maximum absolute atomic E-state index is 10.3. The molecule has 1 N–H and O–H groups in total. The second-order valence-electron chi connectivity index (χ2n) is 4.71. The van der Waals surface area contributed by atoms with Crippen LogP contribution in [0.4, 0.5) is 0 Å². The molecule has 0 saturated carbocycles. The van der Waals surface area contributed by atoms with Gasteiger partial charge in [0.25, 0.3) is 0 Å². The van der Waals surface area contributed by atoms with Crippen LogP contribution >= 0.6 is 0 Å². The molecule has 1 nitrogen and oxygen atoms in total. The molecule has 1 aliphatic carbocycles. The summed E-state index contributed by atoms with van der Waals surface area (Å²) in [6.07, 6.45) is 11.7. The van der Waals surface area contributed by atoms with E-state index in [0.717, 1.165) is 19.3 Å². The van der Waals surface area contributed by atoms with Gasteiger partial charge in [0.1, 0.15) is 0 Å². The van der Waals surface area contributed by atoms with Crippen LogP contribution in [0.2, 0.25) is 0 Å². The standard InChI is InChI=1S/C13H24O/c1-3-4-8-11-13(2,14)12-9-6-5-7-10-12/h9,14H,3-8,10-11H2,1-2H3. The van der Waals surface area contributed by atoms with E-state index in [-0.39, 0.29) is 0 Å². The van der Waals surface area contributed by atoms with Gasteiger partial charge < -0.3 is 5.11 Å². The maximum Gasteiger partial charge on any atom is 0.0828 e. The van der Waals surface area contributed by atoms with Crippen LogP contribution in [0.25, 0.3) is 0 Å². The molecule has 0 bridgehead atoms. The largest absolute Gasteiger partial charge is 0.386 e.